The average Bonchev–Trinajstić information content (AvgIpc) is 2.74. The average molecular weight is 279 g/mol. The summed E-state index contributed by atoms with van der Waals surface area (Å²) in [6.07, 6.45) is 4.65. The molecule has 0 radical (unpaired) electrons. The molecule has 1 aromatic rings. The molecule has 1 fully saturated rings. The van der Waals surface area contributed by atoms with E-state index in [-0.39, 0.29) is 0 Å². The molecule has 2 atom stereocenters. The number of hydrogen-bond acceptors (Lipinski definition) is 3. The first-order chi connectivity index (χ1) is 9.24. The van der Waals surface area contributed by atoms with Crippen molar-refractivity contribution in [1.82, 2.24) is 20.4 Å². The van der Waals surface area contributed by atoms with Crippen molar-refractivity contribution in [3.63, 3.8) is 0 Å². The van der Waals surface area contributed by atoms with Crippen LogP contribution in [0.3, 0.4) is 0 Å². The number of aryl methyl sites for hydroxylation is 1. The predicted molar refractivity (Wildman–Crippen MR) is 79.5 cm³/mol. The molecule has 0 amide bonds. The normalized spacial score (nSPS) is 24.1. The molecule has 20 heavy (non-hydrogen) atoms. The Labute approximate surface area is 120 Å². The topological polar surface area (TPSA) is 74.5 Å². The minimum absolute atomic E-state index is 0.337. The summed E-state index contributed by atoms with van der Waals surface area (Å²) < 4.78 is 1.68. The van der Waals surface area contributed by atoms with E-state index in [2.05, 4.69) is 34.6 Å². The van der Waals surface area contributed by atoms with Crippen molar-refractivity contribution in [3.05, 3.63) is 18.0 Å². The molecule has 0 bridgehead atoms. The molecule has 1 aromatic heterocycles. The highest BCUT2D eigenvalue weighted by Crippen LogP contribution is 2.44. The van der Waals surface area contributed by atoms with Crippen molar-refractivity contribution in [2.24, 2.45) is 17.5 Å². The fraction of sp³-hybridized carbons (Fsp3) is 0.714. The van der Waals surface area contributed by atoms with Crippen LogP contribution < -0.4 is 10.6 Å². The van der Waals surface area contributed by atoms with Crippen molar-refractivity contribution in [2.75, 3.05) is 13.6 Å². The molecule has 1 aliphatic carbocycles. The summed E-state index contributed by atoms with van der Waals surface area (Å²) in [6, 6.07) is 0.456. The van der Waals surface area contributed by atoms with Crippen LogP contribution in [0.2, 0.25) is 0 Å². The van der Waals surface area contributed by atoms with Gasteiger partial charge in [0, 0.05) is 31.9 Å². The molecular formula is C14H25N5O. The molecule has 6 heteroatoms. The summed E-state index contributed by atoms with van der Waals surface area (Å²) in [5, 5.41) is 21.1. The van der Waals surface area contributed by atoms with Crippen LogP contribution in [0.25, 0.3) is 0 Å². The van der Waals surface area contributed by atoms with Gasteiger partial charge < -0.3 is 15.7 Å². The van der Waals surface area contributed by atoms with Gasteiger partial charge in [-0.15, -0.1) is 0 Å². The molecule has 1 heterocycles. The highest BCUT2D eigenvalue weighted by molar-refractivity contribution is 5.80. The number of guanidine groups is 1. The maximum atomic E-state index is 10.5. The number of aliphatic hydroxyl groups is 1. The summed E-state index contributed by atoms with van der Waals surface area (Å²) in [4.78, 5) is 4.20. The zero-order chi connectivity index (χ0) is 15.0. The Hall–Kier alpha value is -1.56. The van der Waals surface area contributed by atoms with Gasteiger partial charge in [0.1, 0.15) is 5.60 Å². The van der Waals surface area contributed by atoms with Gasteiger partial charge in [0.15, 0.2) is 5.96 Å². The molecule has 6 nitrogen and oxygen atoms in total. The molecule has 0 saturated heterocycles. The van der Waals surface area contributed by atoms with Crippen molar-refractivity contribution in [3.8, 4) is 0 Å². The number of nitrogens with one attached hydrogen (secondary N) is 2. The summed E-state index contributed by atoms with van der Waals surface area (Å²) >= 11 is 0. The first-order valence-corrected chi connectivity index (χ1v) is 6.93. The fourth-order valence-corrected chi connectivity index (χ4v) is 2.13. The minimum atomic E-state index is -0.981. The van der Waals surface area contributed by atoms with E-state index in [0.717, 1.165) is 17.9 Å². The quantitative estimate of drug-likeness (QED) is 0.557. The lowest BCUT2D eigenvalue weighted by Gasteiger charge is -2.24. The first-order valence-electron chi connectivity index (χ1n) is 6.93. The van der Waals surface area contributed by atoms with Crippen molar-refractivity contribution >= 4 is 5.96 Å². The third-order valence-electron chi connectivity index (χ3n) is 3.97. The fourth-order valence-electron chi connectivity index (χ4n) is 2.13. The third kappa shape index (κ3) is 3.30. The van der Waals surface area contributed by atoms with Crippen LogP contribution in [-0.4, -0.2) is 40.5 Å². The second-order valence-corrected chi connectivity index (χ2v) is 6.49. The van der Waals surface area contributed by atoms with Gasteiger partial charge in [-0.1, -0.05) is 13.8 Å². The molecule has 1 saturated carbocycles. The van der Waals surface area contributed by atoms with Crippen molar-refractivity contribution in [2.45, 2.75) is 38.8 Å². The standard InChI is InChI=1S/C14H25N5O/c1-13(2)6-11(13)18-12(15-4)16-9-14(3,20)10-7-17-19(5)8-10/h7-8,11,20H,6,9H2,1-5H3,(H2,15,16,18). The molecule has 2 unspecified atom stereocenters. The van der Waals surface area contributed by atoms with E-state index in [0.29, 0.717) is 18.0 Å². The molecule has 112 valence electrons. The minimum Gasteiger partial charge on any atom is -0.383 e. The molecule has 3 N–H and O–H groups in total. The monoisotopic (exact) mass is 279 g/mol. The van der Waals surface area contributed by atoms with Crippen LogP contribution >= 0.6 is 0 Å². The summed E-state index contributed by atoms with van der Waals surface area (Å²) in [6.45, 7) is 6.60. The summed E-state index contributed by atoms with van der Waals surface area (Å²) in [7, 11) is 3.58. The van der Waals surface area contributed by atoms with E-state index in [1.54, 1.807) is 24.9 Å². The lowest BCUT2D eigenvalue weighted by atomic mass is 10.00. The van der Waals surface area contributed by atoms with E-state index in [1.165, 1.54) is 0 Å². The molecular weight excluding hydrogens is 254 g/mol. The van der Waals surface area contributed by atoms with Gasteiger partial charge in [0.25, 0.3) is 0 Å². The van der Waals surface area contributed by atoms with Gasteiger partial charge in [0.05, 0.1) is 12.7 Å². The van der Waals surface area contributed by atoms with Gasteiger partial charge in [-0.05, 0) is 18.8 Å². The lowest BCUT2D eigenvalue weighted by molar-refractivity contribution is 0.0616. The number of nitrogens with zero attached hydrogens (tertiary/aromatic N) is 3. The van der Waals surface area contributed by atoms with Crippen molar-refractivity contribution < 1.29 is 5.11 Å². The van der Waals surface area contributed by atoms with E-state index in [9.17, 15) is 5.11 Å². The Kier molecular flexibility index (Phi) is 3.77. The highest BCUT2D eigenvalue weighted by Gasteiger charge is 2.46. The first kappa shape index (κ1) is 14.8. The predicted octanol–water partition coefficient (Wildman–Crippen LogP) is 0.591. The van der Waals surface area contributed by atoms with Gasteiger partial charge in [0.2, 0.25) is 0 Å². The Morgan fingerprint density at radius 1 is 1.65 bits per heavy atom. The molecule has 0 spiro atoms. The maximum absolute atomic E-state index is 10.5. The number of rotatable bonds is 4. The molecule has 1 aliphatic rings. The molecule has 0 aromatic carbocycles. The van der Waals surface area contributed by atoms with Crippen LogP contribution in [0.4, 0.5) is 0 Å². The Balaban J connectivity index is 1.90. The third-order valence-corrected chi connectivity index (χ3v) is 3.97. The van der Waals surface area contributed by atoms with E-state index in [1.807, 2.05) is 13.2 Å². The van der Waals surface area contributed by atoms with Gasteiger partial charge in [-0.3, -0.25) is 9.67 Å². The highest BCUT2D eigenvalue weighted by atomic mass is 16.3. The largest absolute Gasteiger partial charge is 0.383 e. The number of hydrogen-bond donors (Lipinski definition) is 3. The van der Waals surface area contributed by atoms with E-state index < -0.39 is 5.60 Å². The zero-order valence-electron chi connectivity index (χ0n) is 12.9. The van der Waals surface area contributed by atoms with Crippen LogP contribution in [0.15, 0.2) is 17.4 Å². The Morgan fingerprint density at radius 2 is 2.30 bits per heavy atom. The number of aliphatic imine (C=N–C) groups is 1. The Morgan fingerprint density at radius 3 is 2.75 bits per heavy atom. The SMILES string of the molecule is CN=C(NCC(C)(O)c1cnn(C)c1)NC1CC1(C)C. The van der Waals surface area contributed by atoms with Gasteiger partial charge in [-0.2, -0.15) is 5.10 Å². The van der Waals surface area contributed by atoms with Gasteiger partial charge in [-0.25, -0.2) is 0 Å². The summed E-state index contributed by atoms with van der Waals surface area (Å²) in [5.74, 6) is 0.727. The number of aromatic nitrogens is 2. The van der Waals surface area contributed by atoms with Crippen molar-refractivity contribution in [1.29, 1.82) is 0 Å². The molecule has 2 rings (SSSR count). The van der Waals surface area contributed by atoms with Crippen LogP contribution in [0.1, 0.15) is 32.8 Å². The smallest absolute Gasteiger partial charge is 0.191 e. The van der Waals surface area contributed by atoms with E-state index >= 15 is 0 Å². The Bertz CT molecular complexity index is 503. The lowest BCUT2D eigenvalue weighted by Crippen LogP contribution is -2.45. The van der Waals surface area contributed by atoms with Crippen LogP contribution in [-0.2, 0) is 12.6 Å². The van der Waals surface area contributed by atoms with Crippen LogP contribution in [0.5, 0.6) is 0 Å². The van der Waals surface area contributed by atoms with Gasteiger partial charge >= 0.3 is 0 Å². The maximum Gasteiger partial charge on any atom is 0.191 e. The van der Waals surface area contributed by atoms with E-state index in [4.69, 9.17) is 0 Å². The second-order valence-electron chi connectivity index (χ2n) is 6.49. The molecule has 0 aliphatic heterocycles. The summed E-state index contributed by atoms with van der Waals surface area (Å²) in [5.41, 5.74) is 0.142. The second kappa shape index (κ2) is 5.09. The zero-order valence-corrected chi connectivity index (χ0v) is 12.9. The van der Waals surface area contributed by atoms with Crippen LogP contribution in [0, 0.1) is 5.41 Å².